The summed E-state index contributed by atoms with van der Waals surface area (Å²) in [5.74, 6) is -1.25. The number of imide groups is 1. The third kappa shape index (κ3) is 1.64. The van der Waals surface area contributed by atoms with Gasteiger partial charge in [-0.3, -0.25) is 9.59 Å². The quantitative estimate of drug-likeness (QED) is 0.580. The molecule has 1 unspecified atom stereocenters. The van der Waals surface area contributed by atoms with E-state index in [0.29, 0.717) is 5.57 Å². The van der Waals surface area contributed by atoms with Crippen molar-refractivity contribution in [1.29, 1.82) is 5.26 Å². The average molecular weight is 207 g/mol. The molecule has 1 aliphatic heterocycles. The summed E-state index contributed by atoms with van der Waals surface area (Å²) >= 11 is 0. The molecule has 1 rings (SSSR count). The molecule has 0 saturated carbocycles. The van der Waals surface area contributed by atoms with Crippen molar-refractivity contribution < 1.29 is 9.59 Å². The summed E-state index contributed by atoms with van der Waals surface area (Å²) in [5.41, 5.74) is 0.612. The van der Waals surface area contributed by atoms with Crippen molar-refractivity contribution in [2.24, 2.45) is 5.92 Å². The summed E-state index contributed by atoms with van der Waals surface area (Å²) in [5, 5.41) is 11.2. The van der Waals surface area contributed by atoms with E-state index in [4.69, 9.17) is 5.26 Å². The van der Waals surface area contributed by atoms with Gasteiger partial charge in [0.05, 0.1) is 5.92 Å². The molecule has 5 heteroatoms. The third-order valence-electron chi connectivity index (χ3n) is 2.54. The molecule has 0 aliphatic carbocycles. The lowest BCUT2D eigenvalue weighted by Crippen LogP contribution is -2.52. The lowest BCUT2D eigenvalue weighted by Gasteiger charge is -2.33. The highest BCUT2D eigenvalue weighted by atomic mass is 16.2. The molecule has 0 spiro atoms. The van der Waals surface area contributed by atoms with E-state index in [2.05, 4.69) is 0 Å². The van der Waals surface area contributed by atoms with E-state index in [0.717, 1.165) is 5.01 Å². The summed E-state index contributed by atoms with van der Waals surface area (Å²) in [6.07, 6.45) is 0. The average Bonchev–Trinajstić information content (AvgIpc) is 2.15. The minimum atomic E-state index is -0.539. The summed E-state index contributed by atoms with van der Waals surface area (Å²) in [6.45, 7) is 3.34. The molecule has 15 heavy (non-hydrogen) atoms. The first-order valence-corrected chi connectivity index (χ1v) is 4.58. The zero-order valence-electron chi connectivity index (χ0n) is 9.24. The number of hydrogen-bond donors (Lipinski definition) is 0. The zero-order valence-corrected chi connectivity index (χ0v) is 9.24. The van der Waals surface area contributed by atoms with E-state index in [9.17, 15) is 9.59 Å². The van der Waals surface area contributed by atoms with Crippen LogP contribution in [0.5, 0.6) is 0 Å². The maximum atomic E-state index is 11.8. The van der Waals surface area contributed by atoms with Crippen LogP contribution in [0.15, 0.2) is 11.1 Å². The molecular weight excluding hydrogens is 194 g/mol. The molecule has 0 N–H and O–H groups in total. The van der Waals surface area contributed by atoms with E-state index in [1.807, 2.05) is 6.07 Å². The Morgan fingerprint density at radius 2 is 1.93 bits per heavy atom. The molecule has 0 aromatic heterocycles. The number of hydrogen-bond acceptors (Lipinski definition) is 4. The molecule has 0 bridgehead atoms. The third-order valence-corrected chi connectivity index (χ3v) is 2.54. The van der Waals surface area contributed by atoms with Gasteiger partial charge in [0.15, 0.2) is 0 Å². The Morgan fingerprint density at radius 1 is 1.40 bits per heavy atom. The fourth-order valence-electron chi connectivity index (χ4n) is 1.47. The topological polar surface area (TPSA) is 64.4 Å². The first kappa shape index (κ1) is 11.4. The first-order chi connectivity index (χ1) is 6.91. The molecule has 0 aromatic carbocycles. The molecule has 1 aliphatic rings. The lowest BCUT2D eigenvalue weighted by atomic mass is 9.92. The highest BCUT2D eigenvalue weighted by Crippen LogP contribution is 2.25. The number of hydrazine groups is 1. The second kappa shape index (κ2) is 3.83. The van der Waals surface area contributed by atoms with Gasteiger partial charge in [-0.1, -0.05) is 0 Å². The van der Waals surface area contributed by atoms with Crippen molar-refractivity contribution in [2.75, 3.05) is 14.1 Å². The number of nitriles is 1. The molecule has 5 nitrogen and oxygen atoms in total. The Hall–Kier alpha value is -1.67. The number of amides is 2. The van der Waals surface area contributed by atoms with Crippen LogP contribution < -0.4 is 0 Å². The molecule has 0 saturated heterocycles. The van der Waals surface area contributed by atoms with Crippen molar-refractivity contribution in [3.8, 4) is 6.07 Å². The van der Waals surface area contributed by atoms with Gasteiger partial charge in [-0.05, 0) is 19.4 Å². The van der Waals surface area contributed by atoms with Crippen LogP contribution in [0, 0.1) is 17.2 Å². The van der Waals surface area contributed by atoms with Gasteiger partial charge in [0.2, 0.25) is 0 Å². The van der Waals surface area contributed by atoms with E-state index < -0.39 is 11.8 Å². The standard InChI is InChI=1S/C10H13N3O2/c1-6-7(2)9(14)13(12(3)4)10(15)8(6)5-11/h7H,1-4H3. The second-order valence-corrected chi connectivity index (χ2v) is 3.69. The molecule has 1 atom stereocenters. The van der Waals surface area contributed by atoms with Crippen LogP contribution in [0.4, 0.5) is 0 Å². The van der Waals surface area contributed by atoms with Crippen LogP contribution in [-0.2, 0) is 9.59 Å². The molecular formula is C10H13N3O2. The van der Waals surface area contributed by atoms with E-state index >= 15 is 0 Å². The highest BCUT2D eigenvalue weighted by molar-refractivity contribution is 6.10. The second-order valence-electron chi connectivity index (χ2n) is 3.69. The van der Waals surface area contributed by atoms with Crippen molar-refractivity contribution in [2.45, 2.75) is 13.8 Å². The Bertz CT molecular complexity index is 390. The minimum absolute atomic E-state index is 0.0656. The van der Waals surface area contributed by atoms with Crippen molar-refractivity contribution in [3.63, 3.8) is 0 Å². The van der Waals surface area contributed by atoms with E-state index in [1.165, 1.54) is 5.01 Å². The van der Waals surface area contributed by atoms with Gasteiger partial charge in [-0.2, -0.15) is 5.26 Å². The van der Waals surface area contributed by atoms with Crippen molar-refractivity contribution in [3.05, 3.63) is 11.1 Å². The fourth-order valence-corrected chi connectivity index (χ4v) is 1.47. The first-order valence-electron chi connectivity index (χ1n) is 4.58. The van der Waals surface area contributed by atoms with Crippen molar-refractivity contribution >= 4 is 11.8 Å². The predicted octanol–water partition coefficient (Wildman–Crippen LogP) is 0.308. The Labute approximate surface area is 88.5 Å². The minimum Gasteiger partial charge on any atom is -0.272 e. The summed E-state index contributed by atoms with van der Waals surface area (Å²) in [7, 11) is 3.19. The summed E-state index contributed by atoms with van der Waals surface area (Å²) in [6, 6.07) is 1.85. The van der Waals surface area contributed by atoms with Gasteiger partial charge in [-0.15, -0.1) is 0 Å². The van der Waals surface area contributed by atoms with Gasteiger partial charge >= 0.3 is 0 Å². The smallest absolute Gasteiger partial charge is 0.272 e. The van der Waals surface area contributed by atoms with Crippen LogP contribution in [0.25, 0.3) is 0 Å². The van der Waals surface area contributed by atoms with Crippen LogP contribution in [0.1, 0.15) is 13.8 Å². The maximum absolute atomic E-state index is 11.8. The fraction of sp³-hybridized carbons (Fsp3) is 0.500. The molecule has 0 fully saturated rings. The van der Waals surface area contributed by atoms with Crippen LogP contribution >= 0.6 is 0 Å². The maximum Gasteiger partial charge on any atom is 0.285 e. The van der Waals surface area contributed by atoms with E-state index in [-0.39, 0.29) is 11.5 Å². The molecule has 80 valence electrons. The molecule has 0 aromatic rings. The molecule has 1 heterocycles. The number of rotatable bonds is 1. The Balaban J connectivity index is 3.29. The molecule has 0 radical (unpaired) electrons. The lowest BCUT2D eigenvalue weighted by molar-refractivity contribution is -0.160. The predicted molar refractivity (Wildman–Crippen MR) is 53.0 cm³/mol. The molecule has 2 amide bonds. The highest BCUT2D eigenvalue weighted by Gasteiger charge is 2.38. The number of nitrogens with zero attached hydrogens (tertiary/aromatic N) is 3. The van der Waals surface area contributed by atoms with Gasteiger partial charge in [0, 0.05) is 14.1 Å². The van der Waals surface area contributed by atoms with Gasteiger partial charge in [0.1, 0.15) is 11.6 Å². The van der Waals surface area contributed by atoms with Gasteiger partial charge in [0.25, 0.3) is 11.8 Å². The SMILES string of the molecule is CC1=C(C#N)C(=O)N(N(C)C)C(=O)C1C. The summed E-state index contributed by atoms with van der Waals surface area (Å²) in [4.78, 5) is 23.5. The van der Waals surface area contributed by atoms with Crippen LogP contribution in [0.2, 0.25) is 0 Å². The largest absolute Gasteiger partial charge is 0.285 e. The normalized spacial score (nSPS) is 22.4. The summed E-state index contributed by atoms with van der Waals surface area (Å²) < 4.78 is 0. The number of carbonyl (C=O) groups excluding carboxylic acids is 2. The Kier molecular flexibility index (Phi) is 2.91. The van der Waals surface area contributed by atoms with Crippen LogP contribution in [-0.4, -0.2) is 35.9 Å². The van der Waals surface area contributed by atoms with Gasteiger partial charge in [-0.25, -0.2) is 10.0 Å². The van der Waals surface area contributed by atoms with Crippen molar-refractivity contribution in [1.82, 2.24) is 10.0 Å². The van der Waals surface area contributed by atoms with Crippen LogP contribution in [0.3, 0.4) is 0 Å². The number of carbonyl (C=O) groups is 2. The van der Waals surface area contributed by atoms with E-state index in [1.54, 1.807) is 27.9 Å². The van der Waals surface area contributed by atoms with Gasteiger partial charge < -0.3 is 0 Å². The zero-order chi connectivity index (χ0) is 11.7. The Morgan fingerprint density at radius 3 is 2.33 bits per heavy atom. The monoisotopic (exact) mass is 207 g/mol.